The van der Waals surface area contributed by atoms with Gasteiger partial charge in [0.25, 0.3) is 5.91 Å². The van der Waals surface area contributed by atoms with Gasteiger partial charge in [-0.3, -0.25) is 9.48 Å². The van der Waals surface area contributed by atoms with Gasteiger partial charge in [-0.15, -0.1) is 5.10 Å². The maximum Gasteiger partial charge on any atom is 0.276 e. The molecule has 0 bridgehead atoms. The maximum atomic E-state index is 12.6. The van der Waals surface area contributed by atoms with Crippen LogP contribution in [0.3, 0.4) is 0 Å². The summed E-state index contributed by atoms with van der Waals surface area (Å²) in [6, 6.07) is 0. The molecule has 1 N–H and O–H groups in total. The SMILES string of the molecule is CCn1cc(O[C@@H]2CN(C(=O)c3nn(CC)nc3C)C[C@H]2O)cn1. The first kappa shape index (κ1) is 16.4. The molecule has 130 valence electrons. The summed E-state index contributed by atoms with van der Waals surface area (Å²) in [5.41, 5.74) is 0.911. The van der Waals surface area contributed by atoms with E-state index in [0.29, 0.717) is 30.2 Å². The number of hydrogen-bond donors (Lipinski definition) is 1. The first-order valence-corrected chi connectivity index (χ1v) is 8.10. The fourth-order valence-corrected chi connectivity index (χ4v) is 2.71. The fourth-order valence-electron chi connectivity index (χ4n) is 2.71. The number of hydrogen-bond acceptors (Lipinski definition) is 6. The van der Waals surface area contributed by atoms with Gasteiger partial charge in [-0.1, -0.05) is 0 Å². The molecule has 0 aliphatic carbocycles. The van der Waals surface area contributed by atoms with E-state index in [1.807, 2.05) is 13.8 Å². The second-order valence-electron chi connectivity index (χ2n) is 5.79. The van der Waals surface area contributed by atoms with Crippen molar-refractivity contribution in [3.05, 3.63) is 23.8 Å². The third kappa shape index (κ3) is 3.12. The van der Waals surface area contributed by atoms with Gasteiger partial charge in [0.15, 0.2) is 11.4 Å². The lowest BCUT2D eigenvalue weighted by Gasteiger charge is -2.15. The Hall–Kier alpha value is -2.42. The monoisotopic (exact) mass is 334 g/mol. The highest BCUT2D eigenvalue weighted by molar-refractivity contribution is 5.93. The smallest absolute Gasteiger partial charge is 0.276 e. The standard InChI is InChI=1S/C15H22N6O3/c1-4-20-7-11(6-16-20)24-13-9-19(8-12(13)22)15(23)14-10(3)17-21(5-2)18-14/h6-7,12-13,22H,4-5,8-9H2,1-3H3/t12-,13-/m1/s1. The molecule has 0 saturated carbocycles. The van der Waals surface area contributed by atoms with Gasteiger partial charge in [0.2, 0.25) is 0 Å². The molecule has 1 fully saturated rings. The molecule has 1 aliphatic heterocycles. The molecule has 0 radical (unpaired) electrons. The number of aliphatic hydroxyl groups excluding tert-OH is 1. The zero-order valence-electron chi connectivity index (χ0n) is 14.1. The zero-order valence-corrected chi connectivity index (χ0v) is 14.1. The molecular weight excluding hydrogens is 312 g/mol. The largest absolute Gasteiger partial charge is 0.482 e. The minimum Gasteiger partial charge on any atom is -0.482 e. The molecule has 24 heavy (non-hydrogen) atoms. The van der Waals surface area contributed by atoms with E-state index < -0.39 is 12.2 Å². The number of aromatic nitrogens is 5. The lowest BCUT2D eigenvalue weighted by molar-refractivity contribution is 0.0727. The van der Waals surface area contributed by atoms with Gasteiger partial charge in [-0.2, -0.15) is 15.0 Å². The summed E-state index contributed by atoms with van der Waals surface area (Å²) in [6.45, 7) is 7.50. The van der Waals surface area contributed by atoms with E-state index in [2.05, 4.69) is 15.3 Å². The van der Waals surface area contributed by atoms with E-state index in [1.54, 1.807) is 28.9 Å². The number of nitrogens with zero attached hydrogens (tertiary/aromatic N) is 6. The number of ether oxygens (including phenoxy) is 1. The number of likely N-dealkylation sites (tertiary alicyclic amines) is 1. The van der Waals surface area contributed by atoms with E-state index in [-0.39, 0.29) is 12.5 Å². The molecule has 1 aliphatic rings. The Bertz CT molecular complexity index is 725. The molecule has 0 aromatic carbocycles. The summed E-state index contributed by atoms with van der Waals surface area (Å²) >= 11 is 0. The molecular formula is C15H22N6O3. The van der Waals surface area contributed by atoms with Crippen LogP contribution in [0.25, 0.3) is 0 Å². The van der Waals surface area contributed by atoms with Crippen molar-refractivity contribution in [1.29, 1.82) is 0 Å². The summed E-state index contributed by atoms with van der Waals surface area (Å²) in [7, 11) is 0. The van der Waals surface area contributed by atoms with E-state index in [9.17, 15) is 9.90 Å². The van der Waals surface area contributed by atoms with Crippen molar-refractivity contribution in [2.45, 2.75) is 46.1 Å². The molecule has 0 unspecified atom stereocenters. The highest BCUT2D eigenvalue weighted by Gasteiger charge is 2.37. The second-order valence-corrected chi connectivity index (χ2v) is 5.79. The lowest BCUT2D eigenvalue weighted by Crippen LogP contribution is -2.31. The van der Waals surface area contributed by atoms with Gasteiger partial charge < -0.3 is 14.7 Å². The van der Waals surface area contributed by atoms with E-state index in [1.165, 1.54) is 4.80 Å². The zero-order chi connectivity index (χ0) is 17.3. The minimum atomic E-state index is -0.750. The Morgan fingerprint density at radius 2 is 2.12 bits per heavy atom. The predicted molar refractivity (Wildman–Crippen MR) is 84.7 cm³/mol. The minimum absolute atomic E-state index is 0.212. The van der Waals surface area contributed by atoms with Crippen molar-refractivity contribution in [3.8, 4) is 5.75 Å². The van der Waals surface area contributed by atoms with Crippen molar-refractivity contribution in [3.63, 3.8) is 0 Å². The average Bonchev–Trinajstić information content (AvgIpc) is 3.27. The van der Waals surface area contributed by atoms with Crippen LogP contribution in [-0.2, 0) is 13.1 Å². The highest BCUT2D eigenvalue weighted by atomic mass is 16.5. The van der Waals surface area contributed by atoms with E-state index in [0.717, 1.165) is 6.54 Å². The maximum absolute atomic E-state index is 12.6. The Labute approximate surface area is 139 Å². The van der Waals surface area contributed by atoms with Crippen molar-refractivity contribution < 1.29 is 14.6 Å². The molecule has 2 atom stereocenters. The summed E-state index contributed by atoms with van der Waals surface area (Å²) in [4.78, 5) is 15.7. The van der Waals surface area contributed by atoms with Crippen LogP contribution in [-0.4, -0.2) is 66.0 Å². The van der Waals surface area contributed by atoms with Gasteiger partial charge in [-0.05, 0) is 20.8 Å². The van der Waals surface area contributed by atoms with Crippen LogP contribution in [0.1, 0.15) is 30.0 Å². The number of aliphatic hydroxyl groups is 1. The van der Waals surface area contributed by atoms with Crippen molar-refractivity contribution >= 4 is 5.91 Å². The number of amides is 1. The molecule has 2 aromatic heterocycles. The van der Waals surface area contributed by atoms with Gasteiger partial charge in [0, 0.05) is 6.54 Å². The van der Waals surface area contributed by atoms with Gasteiger partial charge in [-0.25, -0.2) is 0 Å². The Kier molecular flexibility index (Phi) is 4.52. The van der Waals surface area contributed by atoms with Crippen molar-refractivity contribution in [1.82, 2.24) is 29.7 Å². The number of carbonyl (C=O) groups excluding carboxylic acids is 1. The molecule has 9 nitrogen and oxygen atoms in total. The number of aryl methyl sites for hydroxylation is 3. The van der Waals surface area contributed by atoms with Crippen LogP contribution in [0, 0.1) is 6.92 Å². The summed E-state index contributed by atoms with van der Waals surface area (Å²) < 4.78 is 7.52. The van der Waals surface area contributed by atoms with Crippen LogP contribution in [0.2, 0.25) is 0 Å². The topological polar surface area (TPSA) is 98.3 Å². The molecule has 3 rings (SSSR count). The molecule has 9 heteroatoms. The number of rotatable bonds is 5. The van der Waals surface area contributed by atoms with Gasteiger partial charge >= 0.3 is 0 Å². The Morgan fingerprint density at radius 1 is 1.33 bits per heavy atom. The molecule has 3 heterocycles. The van der Waals surface area contributed by atoms with Gasteiger partial charge in [0.1, 0.15) is 12.2 Å². The average molecular weight is 334 g/mol. The molecule has 1 saturated heterocycles. The Morgan fingerprint density at radius 3 is 2.75 bits per heavy atom. The van der Waals surface area contributed by atoms with Crippen LogP contribution < -0.4 is 4.74 Å². The number of carbonyl (C=O) groups is 1. The molecule has 2 aromatic rings. The normalized spacial score (nSPS) is 20.6. The first-order valence-electron chi connectivity index (χ1n) is 8.10. The van der Waals surface area contributed by atoms with Crippen LogP contribution in [0.15, 0.2) is 12.4 Å². The lowest BCUT2D eigenvalue weighted by atomic mass is 10.3. The summed E-state index contributed by atoms with van der Waals surface area (Å²) in [5.74, 6) is 0.352. The Balaban J connectivity index is 1.68. The second kappa shape index (κ2) is 6.60. The predicted octanol–water partition coefficient (Wildman–Crippen LogP) is 0.0871. The van der Waals surface area contributed by atoms with Crippen molar-refractivity contribution in [2.24, 2.45) is 0 Å². The first-order chi connectivity index (χ1) is 11.5. The fraction of sp³-hybridized carbons (Fsp3) is 0.600. The van der Waals surface area contributed by atoms with E-state index >= 15 is 0 Å². The van der Waals surface area contributed by atoms with Crippen LogP contribution in [0.5, 0.6) is 5.75 Å². The summed E-state index contributed by atoms with van der Waals surface area (Å²) in [6.07, 6.45) is 2.15. The highest BCUT2D eigenvalue weighted by Crippen LogP contribution is 2.20. The molecule has 0 spiro atoms. The van der Waals surface area contributed by atoms with Crippen molar-refractivity contribution in [2.75, 3.05) is 13.1 Å². The molecule has 1 amide bonds. The third-order valence-corrected chi connectivity index (χ3v) is 4.05. The van der Waals surface area contributed by atoms with E-state index in [4.69, 9.17) is 4.74 Å². The van der Waals surface area contributed by atoms with Gasteiger partial charge in [0.05, 0.1) is 37.7 Å². The van der Waals surface area contributed by atoms with Crippen LogP contribution >= 0.6 is 0 Å². The summed E-state index contributed by atoms with van der Waals surface area (Å²) in [5, 5.41) is 22.7. The number of β-amino-alcohol motifs (C(OH)–C–C–N with tert-alkyl or cyclic N) is 1. The third-order valence-electron chi connectivity index (χ3n) is 4.05. The van der Waals surface area contributed by atoms with Crippen LogP contribution in [0.4, 0.5) is 0 Å². The quantitative estimate of drug-likeness (QED) is 0.832.